The zero-order valence-corrected chi connectivity index (χ0v) is 16.3. The van der Waals surface area contributed by atoms with Crippen molar-refractivity contribution in [2.75, 3.05) is 0 Å². The van der Waals surface area contributed by atoms with E-state index < -0.39 is 5.60 Å². The molecule has 0 heterocycles. The molecule has 0 radical (unpaired) electrons. The van der Waals surface area contributed by atoms with Gasteiger partial charge in [-0.25, -0.2) is 0 Å². The number of rotatable bonds is 1. The molecule has 0 spiro atoms. The van der Waals surface area contributed by atoms with Crippen molar-refractivity contribution in [1.29, 1.82) is 5.26 Å². The van der Waals surface area contributed by atoms with E-state index in [4.69, 9.17) is 4.74 Å². The number of fused-ring (bicyclic) bond motifs is 5. The largest absolute Gasteiger partial charge is 0.462 e. The van der Waals surface area contributed by atoms with E-state index in [1.807, 2.05) is 0 Å². The fourth-order valence-corrected chi connectivity index (χ4v) is 7.16. The van der Waals surface area contributed by atoms with E-state index in [-0.39, 0.29) is 22.9 Å². The number of nitrogens with zero attached hydrogens (tertiary/aromatic N) is 1. The quantitative estimate of drug-likeness (QED) is 0.435. The van der Waals surface area contributed by atoms with E-state index in [0.717, 1.165) is 44.9 Å². The van der Waals surface area contributed by atoms with E-state index in [9.17, 15) is 15.2 Å². The van der Waals surface area contributed by atoms with Crippen LogP contribution in [-0.2, 0) is 9.53 Å². The van der Waals surface area contributed by atoms with Crippen molar-refractivity contribution < 1.29 is 14.6 Å². The predicted molar refractivity (Wildman–Crippen MR) is 97.8 cm³/mol. The molecule has 3 fully saturated rings. The third-order valence-corrected chi connectivity index (χ3v) is 8.73. The number of ether oxygens (including phenoxy) is 1. The van der Waals surface area contributed by atoms with Crippen LogP contribution in [0.15, 0.2) is 11.6 Å². The second kappa shape index (κ2) is 5.83. The number of nitriles is 1. The number of carbonyl (C=O) groups is 1. The van der Waals surface area contributed by atoms with Gasteiger partial charge in [0.25, 0.3) is 0 Å². The molecule has 0 aromatic carbocycles. The Bertz CT molecular complexity index is 694. The molecule has 4 aliphatic carbocycles. The molecule has 7 atom stereocenters. The average molecular weight is 357 g/mol. The zero-order valence-electron chi connectivity index (χ0n) is 16.3. The second-order valence-electron chi connectivity index (χ2n) is 9.70. The first-order valence-electron chi connectivity index (χ1n) is 10.2. The van der Waals surface area contributed by atoms with Gasteiger partial charge in [-0.1, -0.05) is 25.5 Å². The summed E-state index contributed by atoms with van der Waals surface area (Å²) in [5.74, 6) is 1.45. The first-order chi connectivity index (χ1) is 12.2. The fraction of sp³-hybridized carbons (Fsp3) is 0.818. The van der Waals surface area contributed by atoms with Crippen molar-refractivity contribution in [2.24, 2.45) is 28.6 Å². The first-order valence-corrected chi connectivity index (χ1v) is 10.2. The van der Waals surface area contributed by atoms with Crippen LogP contribution >= 0.6 is 0 Å². The van der Waals surface area contributed by atoms with Crippen LogP contribution < -0.4 is 0 Å². The van der Waals surface area contributed by atoms with Crippen LogP contribution in [0.25, 0.3) is 0 Å². The average Bonchev–Trinajstić information content (AvgIpc) is 2.87. The van der Waals surface area contributed by atoms with Gasteiger partial charge in [0.05, 0.1) is 6.07 Å². The monoisotopic (exact) mass is 357 g/mol. The molecule has 0 aliphatic heterocycles. The molecule has 0 bridgehead atoms. The molecule has 0 saturated heterocycles. The molecule has 3 saturated carbocycles. The Hall–Kier alpha value is -1.34. The number of allylic oxidation sites excluding steroid dienone is 1. The molecule has 0 amide bonds. The van der Waals surface area contributed by atoms with Crippen molar-refractivity contribution in [3.8, 4) is 6.07 Å². The van der Waals surface area contributed by atoms with Crippen LogP contribution in [0.4, 0.5) is 0 Å². The lowest BCUT2D eigenvalue weighted by molar-refractivity contribution is -0.149. The highest BCUT2D eigenvalue weighted by atomic mass is 16.5. The maximum Gasteiger partial charge on any atom is 0.302 e. The molecule has 1 N–H and O–H groups in total. The molecule has 4 aliphatic rings. The minimum atomic E-state index is -1.15. The van der Waals surface area contributed by atoms with Gasteiger partial charge >= 0.3 is 5.97 Å². The van der Waals surface area contributed by atoms with E-state index in [2.05, 4.69) is 26.0 Å². The lowest BCUT2D eigenvalue weighted by Gasteiger charge is -2.58. The summed E-state index contributed by atoms with van der Waals surface area (Å²) in [5, 5.41) is 20.5. The van der Waals surface area contributed by atoms with Crippen LogP contribution in [-0.4, -0.2) is 22.8 Å². The Kier molecular flexibility index (Phi) is 4.04. The second-order valence-corrected chi connectivity index (χ2v) is 9.70. The van der Waals surface area contributed by atoms with Crippen LogP contribution in [0.2, 0.25) is 0 Å². The summed E-state index contributed by atoms with van der Waals surface area (Å²) < 4.78 is 5.50. The van der Waals surface area contributed by atoms with Gasteiger partial charge in [0.15, 0.2) is 5.60 Å². The summed E-state index contributed by atoms with van der Waals surface area (Å²) in [6, 6.07) is 2.26. The van der Waals surface area contributed by atoms with E-state index in [0.29, 0.717) is 24.2 Å². The smallest absolute Gasteiger partial charge is 0.302 e. The SMILES string of the molecule is CC(=O)O[C@H]1CC[C@@]2(C)C(=CC[C@@H]3[C@H]2CC[C@@]2(C)[C@@H]3CC[C@]2(O)C#N)C1. The summed E-state index contributed by atoms with van der Waals surface area (Å²) in [6.45, 7) is 6.06. The lowest BCUT2D eigenvalue weighted by atomic mass is 9.47. The van der Waals surface area contributed by atoms with Gasteiger partial charge in [-0.2, -0.15) is 5.26 Å². The molecular formula is C22H31NO3. The predicted octanol–water partition coefficient (Wildman–Crippen LogP) is 4.14. The molecule has 4 nitrogen and oxygen atoms in total. The summed E-state index contributed by atoms with van der Waals surface area (Å²) in [7, 11) is 0. The van der Waals surface area contributed by atoms with Crippen molar-refractivity contribution in [2.45, 2.75) is 83.8 Å². The third-order valence-electron chi connectivity index (χ3n) is 8.73. The topological polar surface area (TPSA) is 70.3 Å². The Morgan fingerprint density at radius 3 is 2.65 bits per heavy atom. The Labute approximate surface area is 156 Å². The van der Waals surface area contributed by atoms with Crippen LogP contribution in [0.3, 0.4) is 0 Å². The molecule has 0 aromatic heterocycles. The maximum atomic E-state index is 11.3. The molecule has 0 aromatic rings. The number of aliphatic hydroxyl groups is 1. The highest BCUT2D eigenvalue weighted by molar-refractivity contribution is 5.66. The summed E-state index contributed by atoms with van der Waals surface area (Å²) in [5.41, 5.74) is 0.252. The molecule has 142 valence electrons. The molecule has 4 heteroatoms. The molecule has 4 rings (SSSR count). The minimum Gasteiger partial charge on any atom is -0.462 e. The lowest BCUT2D eigenvalue weighted by Crippen LogP contribution is -2.54. The first kappa shape index (κ1) is 18.0. The van der Waals surface area contributed by atoms with Crippen LogP contribution in [0.1, 0.15) is 72.1 Å². The van der Waals surface area contributed by atoms with Crippen LogP contribution in [0, 0.1) is 39.9 Å². The molecule has 0 unspecified atom stereocenters. The van der Waals surface area contributed by atoms with Crippen molar-refractivity contribution in [3.63, 3.8) is 0 Å². The van der Waals surface area contributed by atoms with Gasteiger partial charge in [-0.15, -0.1) is 0 Å². The van der Waals surface area contributed by atoms with E-state index >= 15 is 0 Å². The van der Waals surface area contributed by atoms with E-state index in [1.54, 1.807) is 0 Å². The summed E-state index contributed by atoms with van der Waals surface area (Å²) in [6.07, 6.45) is 10.0. The number of hydrogen-bond acceptors (Lipinski definition) is 4. The standard InChI is InChI=1S/C22H31NO3/c1-14(24)26-16-6-9-20(2)15(12-16)4-5-17-18(20)7-10-21(3)19(17)8-11-22(21,25)13-23/h4,16-19,25H,5-12H2,1-3H3/t16-,17+,18+,19+,20-,21-,22-/m0/s1. The maximum absolute atomic E-state index is 11.3. The number of carbonyl (C=O) groups excluding carboxylic acids is 1. The van der Waals surface area contributed by atoms with Crippen molar-refractivity contribution in [1.82, 2.24) is 0 Å². The van der Waals surface area contributed by atoms with Gasteiger partial charge in [0.1, 0.15) is 6.10 Å². The third kappa shape index (κ3) is 2.32. The van der Waals surface area contributed by atoms with Gasteiger partial charge in [0.2, 0.25) is 0 Å². The van der Waals surface area contributed by atoms with Gasteiger partial charge in [-0.05, 0) is 68.1 Å². The van der Waals surface area contributed by atoms with Crippen molar-refractivity contribution >= 4 is 5.97 Å². The number of hydrogen-bond donors (Lipinski definition) is 1. The van der Waals surface area contributed by atoms with E-state index in [1.165, 1.54) is 12.5 Å². The van der Waals surface area contributed by atoms with Gasteiger partial charge in [-0.3, -0.25) is 4.79 Å². The normalized spacial score (nSPS) is 49.9. The fourth-order valence-electron chi connectivity index (χ4n) is 7.16. The number of esters is 1. The van der Waals surface area contributed by atoms with Gasteiger partial charge in [0, 0.05) is 18.8 Å². The Morgan fingerprint density at radius 1 is 1.23 bits per heavy atom. The molecule has 26 heavy (non-hydrogen) atoms. The van der Waals surface area contributed by atoms with Crippen molar-refractivity contribution in [3.05, 3.63) is 11.6 Å². The Morgan fingerprint density at radius 2 is 1.96 bits per heavy atom. The minimum absolute atomic E-state index is 0.0346. The Balaban J connectivity index is 1.61. The van der Waals surface area contributed by atoms with Gasteiger partial charge < -0.3 is 9.84 Å². The highest BCUT2D eigenvalue weighted by Gasteiger charge is 2.64. The molecular weight excluding hydrogens is 326 g/mol. The summed E-state index contributed by atoms with van der Waals surface area (Å²) >= 11 is 0. The summed E-state index contributed by atoms with van der Waals surface area (Å²) in [4.78, 5) is 11.3. The van der Waals surface area contributed by atoms with Crippen LogP contribution in [0.5, 0.6) is 0 Å². The highest BCUT2D eigenvalue weighted by Crippen LogP contribution is 2.67. The zero-order chi connectivity index (χ0) is 18.7.